The largest absolute Gasteiger partial charge is 0.481 e. The summed E-state index contributed by atoms with van der Waals surface area (Å²) >= 11 is 0. The van der Waals surface area contributed by atoms with E-state index in [0.29, 0.717) is 36.9 Å². The van der Waals surface area contributed by atoms with Crippen molar-refractivity contribution in [2.75, 3.05) is 13.1 Å². The highest BCUT2D eigenvalue weighted by atomic mass is 32.2. The number of carboxylic acid groups (broad SMARTS) is 1. The topological polar surface area (TPSA) is 141 Å². The number of carboxylic acids is 1. The van der Waals surface area contributed by atoms with Crippen LogP contribution in [0.1, 0.15) is 56.7 Å². The zero-order valence-corrected chi connectivity index (χ0v) is 24.8. The SMILES string of the molecule is O=C(O)C[C@@H]1C[C@@H](CNS(=O)(=O)c2ccc3c(c2)CC(N2C(=O)c4ccccc4C2=O)C3)N(CCCc2ccccc2)C1=O. The van der Waals surface area contributed by atoms with Crippen LogP contribution in [0.4, 0.5) is 0 Å². The molecule has 0 saturated carbocycles. The molecule has 1 fully saturated rings. The second-order valence-corrected chi connectivity index (χ2v) is 13.4. The molecule has 228 valence electrons. The number of amides is 3. The van der Waals surface area contributed by atoms with Gasteiger partial charge in [0, 0.05) is 25.2 Å². The maximum absolute atomic E-state index is 13.4. The molecule has 2 N–H and O–H groups in total. The monoisotopic (exact) mass is 615 g/mol. The minimum atomic E-state index is -3.97. The van der Waals surface area contributed by atoms with Gasteiger partial charge in [-0.1, -0.05) is 48.5 Å². The molecule has 0 radical (unpaired) electrons. The van der Waals surface area contributed by atoms with Crippen molar-refractivity contribution in [2.45, 2.75) is 55.5 Å². The molecule has 2 heterocycles. The number of imide groups is 1. The van der Waals surface area contributed by atoms with E-state index in [1.54, 1.807) is 41.3 Å². The van der Waals surface area contributed by atoms with E-state index < -0.39 is 34.0 Å². The van der Waals surface area contributed by atoms with E-state index in [9.17, 15) is 32.7 Å². The molecule has 6 rings (SSSR count). The first-order valence-electron chi connectivity index (χ1n) is 14.8. The number of carbonyl (C=O) groups is 4. The Morgan fingerprint density at radius 2 is 1.55 bits per heavy atom. The van der Waals surface area contributed by atoms with Crippen LogP contribution in [-0.4, -0.2) is 72.2 Å². The highest BCUT2D eigenvalue weighted by Crippen LogP contribution is 2.33. The van der Waals surface area contributed by atoms with Crippen LogP contribution in [0, 0.1) is 5.92 Å². The zero-order valence-electron chi connectivity index (χ0n) is 24.0. The number of likely N-dealkylation sites (tertiary alicyclic amines) is 1. The number of hydrogen-bond donors (Lipinski definition) is 2. The fourth-order valence-corrected chi connectivity index (χ4v) is 7.81. The van der Waals surface area contributed by atoms with Crippen LogP contribution in [0.2, 0.25) is 0 Å². The molecule has 44 heavy (non-hydrogen) atoms. The molecule has 1 aliphatic carbocycles. The van der Waals surface area contributed by atoms with Gasteiger partial charge in [-0.05, 0) is 73.1 Å². The summed E-state index contributed by atoms with van der Waals surface area (Å²) in [5.74, 6) is -2.69. The Bertz CT molecular complexity index is 1710. The molecule has 3 aliphatic rings. The van der Waals surface area contributed by atoms with Crippen molar-refractivity contribution >= 4 is 33.7 Å². The van der Waals surface area contributed by atoms with Crippen molar-refractivity contribution in [3.63, 3.8) is 0 Å². The lowest BCUT2D eigenvalue weighted by Gasteiger charge is -2.25. The minimum Gasteiger partial charge on any atom is -0.481 e. The molecule has 3 aromatic rings. The van der Waals surface area contributed by atoms with E-state index in [2.05, 4.69) is 4.72 Å². The Morgan fingerprint density at radius 1 is 0.886 bits per heavy atom. The summed E-state index contributed by atoms with van der Waals surface area (Å²) in [5.41, 5.74) is 3.53. The molecule has 2 aliphatic heterocycles. The molecule has 10 nitrogen and oxygen atoms in total. The van der Waals surface area contributed by atoms with Gasteiger partial charge in [-0.15, -0.1) is 0 Å². The second-order valence-electron chi connectivity index (χ2n) is 11.7. The van der Waals surface area contributed by atoms with Gasteiger partial charge in [0.05, 0.1) is 28.4 Å². The smallest absolute Gasteiger partial charge is 0.304 e. The van der Waals surface area contributed by atoms with Crippen LogP contribution in [0.15, 0.2) is 77.7 Å². The maximum Gasteiger partial charge on any atom is 0.304 e. The summed E-state index contributed by atoms with van der Waals surface area (Å²) in [5, 5.41) is 9.31. The quantitative estimate of drug-likeness (QED) is 0.316. The van der Waals surface area contributed by atoms with Crippen molar-refractivity contribution in [1.29, 1.82) is 0 Å². The lowest BCUT2D eigenvalue weighted by Crippen LogP contribution is -2.42. The molecule has 0 bridgehead atoms. The predicted octanol–water partition coefficient (Wildman–Crippen LogP) is 3.05. The van der Waals surface area contributed by atoms with Gasteiger partial charge in [-0.2, -0.15) is 0 Å². The van der Waals surface area contributed by atoms with Crippen molar-refractivity contribution in [2.24, 2.45) is 5.92 Å². The molecule has 0 spiro atoms. The predicted molar refractivity (Wildman–Crippen MR) is 160 cm³/mol. The first-order chi connectivity index (χ1) is 21.1. The van der Waals surface area contributed by atoms with Crippen LogP contribution in [0.3, 0.4) is 0 Å². The fraction of sp³-hybridized carbons (Fsp3) is 0.333. The lowest BCUT2D eigenvalue weighted by molar-refractivity contribution is -0.142. The number of rotatable bonds is 11. The highest BCUT2D eigenvalue weighted by Gasteiger charge is 2.43. The van der Waals surface area contributed by atoms with E-state index in [4.69, 9.17) is 0 Å². The summed E-state index contributed by atoms with van der Waals surface area (Å²) < 4.78 is 29.4. The number of sulfonamides is 1. The van der Waals surface area contributed by atoms with E-state index in [-0.39, 0.29) is 42.0 Å². The summed E-state index contributed by atoms with van der Waals surface area (Å²) in [4.78, 5) is 53.4. The average molecular weight is 616 g/mol. The first kappa shape index (κ1) is 29.7. The third kappa shape index (κ3) is 5.77. The van der Waals surface area contributed by atoms with Gasteiger partial charge in [-0.3, -0.25) is 24.1 Å². The number of carbonyl (C=O) groups excluding carboxylic acids is 3. The number of benzene rings is 3. The van der Waals surface area contributed by atoms with E-state index in [1.807, 2.05) is 30.3 Å². The molecule has 11 heteroatoms. The Morgan fingerprint density at radius 3 is 2.23 bits per heavy atom. The van der Waals surface area contributed by atoms with Gasteiger partial charge in [0.25, 0.3) is 11.8 Å². The Hall–Kier alpha value is -4.35. The third-order valence-electron chi connectivity index (χ3n) is 8.86. The maximum atomic E-state index is 13.4. The number of nitrogens with zero attached hydrogens (tertiary/aromatic N) is 2. The van der Waals surface area contributed by atoms with Crippen LogP contribution in [-0.2, 0) is 38.9 Å². The second kappa shape index (κ2) is 12.0. The molecule has 0 aromatic heterocycles. The van der Waals surface area contributed by atoms with Gasteiger partial charge in [0.2, 0.25) is 15.9 Å². The summed E-state index contributed by atoms with van der Waals surface area (Å²) in [7, 11) is -3.97. The molecule has 1 unspecified atom stereocenters. The average Bonchev–Trinajstić information content (AvgIpc) is 3.64. The van der Waals surface area contributed by atoms with Crippen molar-refractivity contribution in [1.82, 2.24) is 14.5 Å². The lowest BCUT2D eigenvalue weighted by atomic mass is 10.0. The highest BCUT2D eigenvalue weighted by molar-refractivity contribution is 7.89. The Labute approximate surface area is 255 Å². The number of aliphatic carboxylic acids is 1. The van der Waals surface area contributed by atoms with Crippen LogP contribution in [0.5, 0.6) is 0 Å². The van der Waals surface area contributed by atoms with Crippen molar-refractivity contribution < 1.29 is 32.7 Å². The van der Waals surface area contributed by atoms with E-state index >= 15 is 0 Å². The first-order valence-corrected chi connectivity index (χ1v) is 16.3. The van der Waals surface area contributed by atoms with Gasteiger partial charge in [0.15, 0.2) is 0 Å². The number of hydrogen-bond acceptors (Lipinski definition) is 6. The summed E-state index contributed by atoms with van der Waals surface area (Å²) in [6.07, 6.45) is 2.16. The number of nitrogens with one attached hydrogen (secondary N) is 1. The minimum absolute atomic E-state index is 0.0374. The Balaban J connectivity index is 1.12. The number of fused-ring (bicyclic) bond motifs is 2. The van der Waals surface area contributed by atoms with Gasteiger partial charge >= 0.3 is 5.97 Å². The van der Waals surface area contributed by atoms with E-state index in [0.717, 1.165) is 23.1 Å². The molecule has 3 atom stereocenters. The normalized spacial score (nSPS) is 21.2. The Kier molecular flexibility index (Phi) is 8.08. The third-order valence-corrected chi connectivity index (χ3v) is 10.3. The zero-order chi connectivity index (χ0) is 31.0. The summed E-state index contributed by atoms with van der Waals surface area (Å²) in [6, 6.07) is 20.5. The summed E-state index contributed by atoms with van der Waals surface area (Å²) in [6.45, 7) is 0.360. The fourth-order valence-electron chi connectivity index (χ4n) is 6.69. The molecular weight excluding hydrogens is 582 g/mol. The standard InChI is InChI=1S/C33H33N3O7S/c37-30(38)19-24-17-26(35(31(24)39)14-6-9-21-7-2-1-3-8-21)20-34-44(42,43)27-13-12-22-15-25(16-23(22)18-27)36-32(40)28-10-4-5-11-29(28)33(36)41/h1-5,7-8,10-13,18,24-26,34H,6,9,14-17,19-20H2,(H,37,38)/t24-,25?,26-/m0/s1. The van der Waals surface area contributed by atoms with E-state index in [1.165, 1.54) is 11.0 Å². The van der Waals surface area contributed by atoms with Crippen molar-refractivity contribution in [3.8, 4) is 0 Å². The molecule has 3 aromatic carbocycles. The van der Waals surface area contributed by atoms with Crippen LogP contribution < -0.4 is 4.72 Å². The van der Waals surface area contributed by atoms with Crippen LogP contribution in [0.25, 0.3) is 0 Å². The van der Waals surface area contributed by atoms with Crippen molar-refractivity contribution in [3.05, 3.63) is 101 Å². The van der Waals surface area contributed by atoms with Gasteiger partial charge < -0.3 is 10.0 Å². The molecule has 3 amide bonds. The number of aryl methyl sites for hydroxylation is 1. The molecular formula is C33H33N3O7S. The molecule has 1 saturated heterocycles. The van der Waals surface area contributed by atoms with Gasteiger partial charge in [0.1, 0.15) is 0 Å². The van der Waals surface area contributed by atoms with Gasteiger partial charge in [-0.25, -0.2) is 13.1 Å². The van der Waals surface area contributed by atoms with Crippen LogP contribution >= 0.6 is 0 Å².